The molecule has 0 saturated heterocycles. The normalized spacial score (nSPS) is 12.5. The van der Waals surface area contributed by atoms with E-state index in [9.17, 15) is 9.18 Å². The molecule has 130 valence electrons. The predicted octanol–water partition coefficient (Wildman–Crippen LogP) is 2.77. The summed E-state index contributed by atoms with van der Waals surface area (Å²) >= 11 is 0. The summed E-state index contributed by atoms with van der Waals surface area (Å²) < 4.78 is 16.0. The van der Waals surface area contributed by atoms with E-state index in [1.165, 1.54) is 10.7 Å². The maximum atomic E-state index is 14.4. The monoisotopic (exact) mass is 333 g/mol. The van der Waals surface area contributed by atoms with Gasteiger partial charge >= 0.3 is 0 Å². The fourth-order valence-electron chi connectivity index (χ4n) is 2.66. The topological polar surface area (TPSA) is 67.2 Å². The zero-order chi connectivity index (χ0) is 17.9. The largest absolute Gasteiger partial charge is 0.396 e. The lowest BCUT2D eigenvalue weighted by molar-refractivity contribution is 0.0916. The maximum absolute atomic E-state index is 14.4. The van der Waals surface area contributed by atoms with E-state index in [1.54, 1.807) is 12.1 Å². The summed E-state index contributed by atoms with van der Waals surface area (Å²) in [7, 11) is 0. The van der Waals surface area contributed by atoms with Crippen molar-refractivity contribution in [2.45, 2.75) is 40.2 Å². The lowest BCUT2D eigenvalue weighted by atomic mass is 10.0. The van der Waals surface area contributed by atoms with Gasteiger partial charge in [0.2, 0.25) is 0 Å². The summed E-state index contributed by atoms with van der Waals surface area (Å²) in [6.45, 7) is 7.62. The van der Waals surface area contributed by atoms with Gasteiger partial charge in [-0.15, -0.1) is 0 Å². The molecule has 1 amide bonds. The van der Waals surface area contributed by atoms with Gasteiger partial charge in [0.25, 0.3) is 5.91 Å². The number of aliphatic hydroxyl groups is 1. The molecule has 1 aromatic carbocycles. The molecule has 0 fully saturated rings. The number of aryl methyl sites for hydroxylation is 2. The van der Waals surface area contributed by atoms with Gasteiger partial charge < -0.3 is 10.4 Å². The number of benzene rings is 1. The van der Waals surface area contributed by atoms with Crippen molar-refractivity contribution in [1.29, 1.82) is 0 Å². The minimum Gasteiger partial charge on any atom is -0.396 e. The fourth-order valence-corrected chi connectivity index (χ4v) is 2.66. The highest BCUT2D eigenvalue weighted by Gasteiger charge is 2.18. The van der Waals surface area contributed by atoms with E-state index < -0.39 is 5.82 Å². The average molecular weight is 333 g/mol. The van der Waals surface area contributed by atoms with Crippen LogP contribution in [0.25, 0.3) is 5.69 Å². The first kappa shape index (κ1) is 18.1. The van der Waals surface area contributed by atoms with E-state index in [4.69, 9.17) is 5.11 Å². The van der Waals surface area contributed by atoms with Gasteiger partial charge in [0.15, 0.2) is 0 Å². The molecule has 1 heterocycles. The Labute approximate surface area is 141 Å². The highest BCUT2D eigenvalue weighted by Crippen LogP contribution is 2.18. The third-order valence-corrected chi connectivity index (χ3v) is 4.01. The Balaban J connectivity index is 2.23. The molecule has 6 heteroatoms. The molecular formula is C18H24FN3O2. The molecule has 2 aromatic rings. The third-order valence-electron chi connectivity index (χ3n) is 4.01. The second-order valence-corrected chi connectivity index (χ2v) is 6.34. The van der Waals surface area contributed by atoms with Crippen LogP contribution in [0.3, 0.4) is 0 Å². The molecular weight excluding hydrogens is 309 g/mol. The maximum Gasteiger partial charge on any atom is 0.251 e. The van der Waals surface area contributed by atoms with Crippen LogP contribution < -0.4 is 5.32 Å². The Morgan fingerprint density at radius 1 is 1.33 bits per heavy atom. The number of nitrogens with one attached hydrogen (secondary N) is 1. The van der Waals surface area contributed by atoms with Crippen LogP contribution >= 0.6 is 0 Å². The summed E-state index contributed by atoms with van der Waals surface area (Å²) in [5.41, 5.74) is 2.19. The van der Waals surface area contributed by atoms with Crippen LogP contribution in [0.2, 0.25) is 0 Å². The van der Waals surface area contributed by atoms with Gasteiger partial charge in [0.1, 0.15) is 11.5 Å². The Bertz CT molecular complexity index is 725. The van der Waals surface area contributed by atoms with Crippen LogP contribution in [0.15, 0.2) is 24.3 Å². The molecule has 1 atom stereocenters. The number of amides is 1. The number of rotatable bonds is 6. The van der Waals surface area contributed by atoms with Gasteiger partial charge in [0, 0.05) is 23.9 Å². The van der Waals surface area contributed by atoms with Crippen LogP contribution in [-0.4, -0.2) is 33.4 Å². The molecule has 24 heavy (non-hydrogen) atoms. The molecule has 0 aliphatic rings. The van der Waals surface area contributed by atoms with E-state index in [2.05, 4.69) is 10.4 Å². The number of hydrogen-bond acceptors (Lipinski definition) is 3. The predicted molar refractivity (Wildman–Crippen MR) is 90.8 cm³/mol. The molecule has 0 bridgehead atoms. The van der Waals surface area contributed by atoms with Crippen molar-refractivity contribution in [1.82, 2.24) is 15.1 Å². The Hall–Kier alpha value is -2.21. The van der Waals surface area contributed by atoms with Crippen molar-refractivity contribution in [3.63, 3.8) is 0 Å². The molecule has 2 N–H and O–H groups in total. The number of carbonyl (C=O) groups excluding carboxylic acids is 1. The zero-order valence-corrected chi connectivity index (χ0v) is 14.5. The number of aliphatic hydroxyl groups excluding tert-OH is 1. The van der Waals surface area contributed by atoms with Crippen LogP contribution in [0.1, 0.15) is 42.0 Å². The Morgan fingerprint density at radius 2 is 2.04 bits per heavy atom. The van der Waals surface area contributed by atoms with Crippen molar-refractivity contribution in [2.75, 3.05) is 6.61 Å². The number of aromatic nitrogens is 2. The number of carbonyl (C=O) groups is 1. The van der Waals surface area contributed by atoms with Crippen LogP contribution in [0.5, 0.6) is 0 Å². The lowest BCUT2D eigenvalue weighted by Gasteiger charge is -2.21. The van der Waals surface area contributed by atoms with Crippen molar-refractivity contribution in [2.24, 2.45) is 5.92 Å². The summed E-state index contributed by atoms with van der Waals surface area (Å²) in [6, 6.07) is 6.07. The van der Waals surface area contributed by atoms with Crippen molar-refractivity contribution in [3.8, 4) is 5.69 Å². The SMILES string of the molecule is Cc1cc(C)n(-c2ccc(C(=O)NC(CCO)C(C)C)cc2F)n1. The molecule has 0 saturated carbocycles. The van der Waals surface area contributed by atoms with Gasteiger partial charge in [0.05, 0.1) is 5.69 Å². The summed E-state index contributed by atoms with van der Waals surface area (Å²) in [5, 5.41) is 16.2. The van der Waals surface area contributed by atoms with Gasteiger partial charge in [-0.1, -0.05) is 13.8 Å². The summed E-state index contributed by atoms with van der Waals surface area (Å²) in [4.78, 5) is 12.3. The van der Waals surface area contributed by atoms with E-state index in [-0.39, 0.29) is 30.0 Å². The van der Waals surface area contributed by atoms with Crippen molar-refractivity contribution in [3.05, 3.63) is 47.0 Å². The second kappa shape index (κ2) is 7.57. The second-order valence-electron chi connectivity index (χ2n) is 6.34. The highest BCUT2D eigenvalue weighted by molar-refractivity contribution is 5.94. The molecule has 0 spiro atoms. The molecule has 5 nitrogen and oxygen atoms in total. The number of halogens is 1. The third kappa shape index (κ3) is 4.00. The van der Waals surface area contributed by atoms with Gasteiger partial charge in [-0.2, -0.15) is 5.10 Å². The van der Waals surface area contributed by atoms with Crippen molar-refractivity contribution < 1.29 is 14.3 Å². The minimum absolute atomic E-state index is 0.00560. The molecule has 0 aliphatic heterocycles. The van der Waals surface area contributed by atoms with E-state index >= 15 is 0 Å². The molecule has 0 aliphatic carbocycles. The fraction of sp³-hybridized carbons (Fsp3) is 0.444. The first-order valence-electron chi connectivity index (χ1n) is 8.08. The quantitative estimate of drug-likeness (QED) is 0.854. The van der Waals surface area contributed by atoms with Crippen molar-refractivity contribution >= 4 is 5.91 Å². The summed E-state index contributed by atoms with van der Waals surface area (Å²) in [5.74, 6) is -0.669. The number of nitrogens with zero attached hydrogens (tertiary/aromatic N) is 2. The van der Waals surface area contributed by atoms with E-state index in [0.29, 0.717) is 12.1 Å². The van der Waals surface area contributed by atoms with E-state index in [1.807, 2.05) is 33.8 Å². The molecule has 1 unspecified atom stereocenters. The lowest BCUT2D eigenvalue weighted by Crippen LogP contribution is -2.39. The molecule has 2 rings (SSSR count). The minimum atomic E-state index is -0.503. The van der Waals surface area contributed by atoms with Gasteiger partial charge in [-0.05, 0) is 50.5 Å². The van der Waals surface area contributed by atoms with Gasteiger partial charge in [-0.3, -0.25) is 4.79 Å². The summed E-state index contributed by atoms with van der Waals surface area (Å²) in [6.07, 6.45) is 0.468. The first-order chi connectivity index (χ1) is 11.3. The molecule has 1 aromatic heterocycles. The Morgan fingerprint density at radius 3 is 2.54 bits per heavy atom. The Kier molecular flexibility index (Phi) is 5.72. The number of hydrogen-bond donors (Lipinski definition) is 2. The highest BCUT2D eigenvalue weighted by atomic mass is 19.1. The van der Waals surface area contributed by atoms with Crippen LogP contribution in [0.4, 0.5) is 4.39 Å². The average Bonchev–Trinajstić information content (AvgIpc) is 2.84. The standard InChI is InChI=1S/C18H24FN3O2/c1-11(2)16(7-8-23)20-18(24)14-5-6-17(15(19)10-14)22-13(4)9-12(3)21-22/h5-6,9-11,16,23H,7-8H2,1-4H3,(H,20,24). The zero-order valence-electron chi connectivity index (χ0n) is 14.5. The molecule has 0 radical (unpaired) electrons. The van der Waals surface area contributed by atoms with Crippen LogP contribution in [-0.2, 0) is 0 Å². The van der Waals surface area contributed by atoms with Gasteiger partial charge in [-0.25, -0.2) is 9.07 Å². The smallest absolute Gasteiger partial charge is 0.251 e. The first-order valence-corrected chi connectivity index (χ1v) is 8.08. The van der Waals surface area contributed by atoms with E-state index in [0.717, 1.165) is 11.4 Å². The van der Waals surface area contributed by atoms with Crippen LogP contribution in [0, 0.1) is 25.6 Å².